The fourth-order valence-electron chi connectivity index (χ4n) is 6.67. The van der Waals surface area contributed by atoms with E-state index in [2.05, 4.69) is 4.90 Å². The zero-order chi connectivity index (χ0) is 14.4. The van der Waals surface area contributed by atoms with Gasteiger partial charge in [0.2, 0.25) is 0 Å². The highest BCUT2D eigenvalue weighted by Crippen LogP contribution is 2.60. The summed E-state index contributed by atoms with van der Waals surface area (Å²) < 4.78 is 0. The van der Waals surface area contributed by atoms with Gasteiger partial charge in [0.25, 0.3) is 0 Å². The quantitative estimate of drug-likeness (QED) is 0.842. The molecular weight excluding hydrogens is 262 g/mol. The van der Waals surface area contributed by atoms with Gasteiger partial charge >= 0.3 is 5.97 Å². The van der Waals surface area contributed by atoms with Crippen molar-refractivity contribution in [3.63, 3.8) is 0 Å². The van der Waals surface area contributed by atoms with Gasteiger partial charge in [-0.05, 0) is 74.5 Å². The molecule has 0 heterocycles. The third-order valence-electron chi connectivity index (χ3n) is 6.88. The summed E-state index contributed by atoms with van der Waals surface area (Å²) in [7, 11) is 0. The Hall–Kier alpha value is -0.570. The molecule has 0 aromatic heterocycles. The molecule has 0 aromatic rings. The molecule has 3 heteroatoms. The predicted octanol–water partition coefficient (Wildman–Crippen LogP) is 3.53. The fraction of sp³-hybridized carbons (Fsp3) is 0.944. The average Bonchev–Trinajstić information content (AvgIpc) is 2.88. The molecule has 0 aliphatic heterocycles. The molecule has 4 bridgehead atoms. The summed E-state index contributed by atoms with van der Waals surface area (Å²) in [6, 6.07) is 0.550. The minimum absolute atomic E-state index is 0.270. The maximum atomic E-state index is 11.3. The van der Waals surface area contributed by atoms with Crippen LogP contribution in [-0.2, 0) is 4.79 Å². The van der Waals surface area contributed by atoms with Gasteiger partial charge < -0.3 is 5.11 Å². The Labute approximate surface area is 128 Å². The highest BCUT2D eigenvalue weighted by Gasteiger charge is 2.51. The number of hydrogen-bond acceptors (Lipinski definition) is 2. The highest BCUT2D eigenvalue weighted by molar-refractivity contribution is 5.69. The van der Waals surface area contributed by atoms with Crippen molar-refractivity contribution in [1.82, 2.24) is 4.90 Å². The molecule has 5 rings (SSSR count). The number of carbonyl (C=O) groups is 1. The van der Waals surface area contributed by atoms with E-state index < -0.39 is 5.97 Å². The van der Waals surface area contributed by atoms with E-state index in [0.29, 0.717) is 11.5 Å². The molecule has 5 saturated carbocycles. The molecule has 5 fully saturated rings. The van der Waals surface area contributed by atoms with Crippen LogP contribution in [-0.4, -0.2) is 35.1 Å². The minimum Gasteiger partial charge on any atom is -0.480 e. The zero-order valence-electron chi connectivity index (χ0n) is 13.1. The van der Waals surface area contributed by atoms with E-state index in [4.69, 9.17) is 0 Å². The highest BCUT2D eigenvalue weighted by atomic mass is 16.4. The lowest BCUT2D eigenvalue weighted by atomic mass is 9.49. The number of carboxylic acids is 1. The van der Waals surface area contributed by atoms with Crippen LogP contribution in [0.1, 0.15) is 64.2 Å². The van der Waals surface area contributed by atoms with Gasteiger partial charge in [-0.2, -0.15) is 0 Å². The van der Waals surface area contributed by atoms with E-state index in [-0.39, 0.29) is 6.54 Å². The van der Waals surface area contributed by atoms with E-state index in [1.54, 1.807) is 0 Å². The zero-order valence-corrected chi connectivity index (χ0v) is 13.1. The molecule has 1 N–H and O–H groups in total. The lowest BCUT2D eigenvalue weighted by Gasteiger charge is -2.58. The summed E-state index contributed by atoms with van der Waals surface area (Å²) in [5.41, 5.74) is 0.479. The van der Waals surface area contributed by atoms with Crippen LogP contribution in [0.2, 0.25) is 0 Å². The summed E-state index contributed by atoms with van der Waals surface area (Å²) in [5, 5.41) is 9.32. The van der Waals surface area contributed by atoms with Gasteiger partial charge in [0.05, 0.1) is 6.54 Å². The first-order valence-electron chi connectivity index (χ1n) is 9.08. The van der Waals surface area contributed by atoms with E-state index in [1.807, 2.05) is 0 Å². The molecule has 0 spiro atoms. The minimum atomic E-state index is -0.633. The Bertz CT molecular complexity index is 378. The van der Waals surface area contributed by atoms with Gasteiger partial charge in [-0.25, -0.2) is 0 Å². The van der Waals surface area contributed by atoms with Crippen molar-refractivity contribution in [2.45, 2.75) is 70.3 Å². The van der Waals surface area contributed by atoms with Gasteiger partial charge in [0, 0.05) is 12.6 Å². The molecule has 0 saturated heterocycles. The second-order valence-corrected chi connectivity index (χ2v) is 8.65. The van der Waals surface area contributed by atoms with Gasteiger partial charge in [0.15, 0.2) is 0 Å². The number of rotatable bonds is 5. The normalized spacial score (nSPS) is 42.0. The van der Waals surface area contributed by atoms with E-state index in [9.17, 15) is 9.90 Å². The Morgan fingerprint density at radius 2 is 1.52 bits per heavy atom. The molecular formula is C18H29NO2. The first kappa shape index (κ1) is 14.0. The Morgan fingerprint density at radius 1 is 1.00 bits per heavy atom. The van der Waals surface area contributed by atoms with Gasteiger partial charge in [-0.15, -0.1) is 0 Å². The largest absolute Gasteiger partial charge is 0.480 e. The van der Waals surface area contributed by atoms with Crippen molar-refractivity contribution in [2.24, 2.45) is 23.2 Å². The van der Waals surface area contributed by atoms with Crippen molar-refractivity contribution in [3.05, 3.63) is 0 Å². The van der Waals surface area contributed by atoms with E-state index in [1.165, 1.54) is 64.2 Å². The summed E-state index contributed by atoms with van der Waals surface area (Å²) in [6.45, 7) is 1.35. The van der Waals surface area contributed by atoms with Crippen molar-refractivity contribution in [3.8, 4) is 0 Å². The lowest BCUT2D eigenvalue weighted by Crippen LogP contribution is -2.53. The Kier molecular flexibility index (Phi) is 3.52. The summed E-state index contributed by atoms with van der Waals surface area (Å²) in [4.78, 5) is 13.7. The SMILES string of the molecule is O=C(O)CN(CC12CC3CC(CC(C3)C1)C2)C1CCCC1. The third kappa shape index (κ3) is 2.74. The second-order valence-electron chi connectivity index (χ2n) is 8.65. The summed E-state index contributed by atoms with van der Waals surface area (Å²) in [6.07, 6.45) is 13.6. The van der Waals surface area contributed by atoms with Crippen molar-refractivity contribution >= 4 is 5.97 Å². The number of nitrogens with zero attached hydrogens (tertiary/aromatic N) is 1. The molecule has 0 radical (unpaired) electrons. The summed E-state index contributed by atoms with van der Waals surface area (Å²) >= 11 is 0. The van der Waals surface area contributed by atoms with Crippen LogP contribution in [0.4, 0.5) is 0 Å². The molecule has 118 valence electrons. The van der Waals surface area contributed by atoms with E-state index in [0.717, 1.165) is 24.3 Å². The van der Waals surface area contributed by atoms with Crippen LogP contribution in [0.25, 0.3) is 0 Å². The van der Waals surface area contributed by atoms with Crippen molar-refractivity contribution < 1.29 is 9.90 Å². The van der Waals surface area contributed by atoms with Gasteiger partial charge in [-0.3, -0.25) is 9.69 Å². The van der Waals surface area contributed by atoms with Crippen molar-refractivity contribution in [1.29, 1.82) is 0 Å². The number of aliphatic carboxylic acids is 1. The fourth-order valence-corrected chi connectivity index (χ4v) is 6.67. The molecule has 3 nitrogen and oxygen atoms in total. The topological polar surface area (TPSA) is 40.5 Å². The summed E-state index contributed by atoms with van der Waals surface area (Å²) in [5.74, 6) is 2.26. The number of hydrogen-bond donors (Lipinski definition) is 1. The van der Waals surface area contributed by atoms with Crippen LogP contribution in [0.5, 0.6) is 0 Å². The number of carboxylic acid groups (broad SMARTS) is 1. The third-order valence-corrected chi connectivity index (χ3v) is 6.88. The monoisotopic (exact) mass is 291 g/mol. The van der Waals surface area contributed by atoms with Crippen LogP contribution in [0, 0.1) is 23.2 Å². The second kappa shape index (κ2) is 5.26. The molecule has 0 atom stereocenters. The molecule has 5 aliphatic rings. The lowest BCUT2D eigenvalue weighted by molar-refractivity contribution is -0.140. The Balaban J connectivity index is 1.50. The molecule has 0 aromatic carbocycles. The van der Waals surface area contributed by atoms with Crippen LogP contribution in [0.15, 0.2) is 0 Å². The van der Waals surface area contributed by atoms with Crippen LogP contribution < -0.4 is 0 Å². The van der Waals surface area contributed by atoms with Crippen LogP contribution >= 0.6 is 0 Å². The molecule has 0 amide bonds. The first-order valence-corrected chi connectivity index (χ1v) is 9.08. The van der Waals surface area contributed by atoms with Gasteiger partial charge in [0.1, 0.15) is 0 Å². The predicted molar refractivity (Wildman–Crippen MR) is 82.1 cm³/mol. The van der Waals surface area contributed by atoms with Crippen LogP contribution in [0.3, 0.4) is 0 Å². The van der Waals surface area contributed by atoms with Crippen molar-refractivity contribution in [2.75, 3.05) is 13.1 Å². The average molecular weight is 291 g/mol. The molecule has 5 aliphatic carbocycles. The smallest absolute Gasteiger partial charge is 0.317 e. The molecule has 21 heavy (non-hydrogen) atoms. The first-order chi connectivity index (χ1) is 10.1. The van der Waals surface area contributed by atoms with Gasteiger partial charge in [-0.1, -0.05) is 12.8 Å². The van der Waals surface area contributed by atoms with E-state index >= 15 is 0 Å². The maximum Gasteiger partial charge on any atom is 0.317 e. The standard InChI is InChI=1S/C18H29NO2/c20-17(21)11-19(16-3-1-2-4-16)12-18-8-13-5-14(9-18)7-15(6-13)10-18/h13-16H,1-12H2,(H,20,21). The molecule has 0 unspecified atom stereocenters. The Morgan fingerprint density at radius 3 is 2.00 bits per heavy atom. The maximum absolute atomic E-state index is 11.3.